The molecule has 1 atom stereocenters. The number of hydrogen-bond donors (Lipinski definition) is 1. The van der Waals surface area contributed by atoms with Crippen molar-refractivity contribution >= 4 is 21.7 Å². The Morgan fingerprint density at radius 1 is 1.29 bits per heavy atom. The van der Waals surface area contributed by atoms with Crippen molar-refractivity contribution in [1.29, 1.82) is 0 Å². The van der Waals surface area contributed by atoms with Gasteiger partial charge >= 0.3 is 0 Å². The van der Waals surface area contributed by atoms with Crippen LogP contribution >= 0.6 is 0 Å². The summed E-state index contributed by atoms with van der Waals surface area (Å²) >= 11 is 0. The van der Waals surface area contributed by atoms with E-state index in [0.717, 1.165) is 36.5 Å². The number of methoxy groups -OCH3 is 1. The van der Waals surface area contributed by atoms with Gasteiger partial charge in [0.05, 0.1) is 7.11 Å². The lowest BCUT2D eigenvalue weighted by molar-refractivity contribution is 0.168. The molecule has 3 heterocycles. The predicted octanol–water partition coefficient (Wildman–Crippen LogP) is 3.09. The zero-order valence-electron chi connectivity index (χ0n) is 14.3. The first-order chi connectivity index (χ1) is 11.7. The molecule has 5 heteroatoms. The Hall–Kier alpha value is -1.33. The van der Waals surface area contributed by atoms with Gasteiger partial charge in [-0.15, -0.1) is 0 Å². The van der Waals surface area contributed by atoms with Gasteiger partial charge in [-0.1, -0.05) is 0 Å². The van der Waals surface area contributed by atoms with Crippen LogP contribution in [0, 0.1) is 0 Å². The van der Waals surface area contributed by atoms with Crippen molar-refractivity contribution in [1.82, 2.24) is 9.88 Å². The minimum absolute atomic E-state index is 0.572. The molecule has 2 aliphatic rings. The summed E-state index contributed by atoms with van der Waals surface area (Å²) in [5.74, 6) is 2.69. The van der Waals surface area contributed by atoms with Gasteiger partial charge < -0.3 is 9.72 Å². The second kappa shape index (κ2) is 6.89. The molecule has 1 aromatic heterocycles. The first kappa shape index (κ1) is 16.2. The molecule has 1 N–H and O–H groups in total. The number of aromatic amines is 1. The predicted molar refractivity (Wildman–Crippen MR) is 99.2 cm³/mol. The Morgan fingerprint density at radius 3 is 2.92 bits per heavy atom. The number of H-pyrrole nitrogens is 1. The van der Waals surface area contributed by atoms with Crippen LogP contribution in [0.5, 0.6) is 5.75 Å². The molecular formula is C19H26N2O2S. The SMILES string of the molecule is COc1ccc2[nH]cc(C[C@H]3CCCN3C3CCS(=O)CC3)c2c1. The van der Waals surface area contributed by atoms with Gasteiger partial charge in [-0.25, -0.2) is 0 Å². The van der Waals surface area contributed by atoms with Crippen molar-refractivity contribution in [2.75, 3.05) is 25.2 Å². The average molecular weight is 346 g/mol. The second-order valence-corrected chi connectivity index (χ2v) is 8.74. The number of fused-ring (bicyclic) bond motifs is 1. The lowest BCUT2D eigenvalue weighted by atomic mass is 10.0. The number of nitrogens with one attached hydrogen (secondary N) is 1. The molecule has 1 aromatic carbocycles. The van der Waals surface area contributed by atoms with E-state index in [1.165, 1.54) is 35.9 Å². The molecule has 0 radical (unpaired) electrons. The first-order valence-electron chi connectivity index (χ1n) is 8.99. The number of hydrogen-bond acceptors (Lipinski definition) is 3. The van der Waals surface area contributed by atoms with Crippen molar-refractivity contribution in [3.8, 4) is 5.75 Å². The highest BCUT2D eigenvalue weighted by Crippen LogP contribution is 2.31. The molecule has 130 valence electrons. The molecule has 24 heavy (non-hydrogen) atoms. The highest BCUT2D eigenvalue weighted by molar-refractivity contribution is 7.85. The Bertz CT molecular complexity index is 732. The van der Waals surface area contributed by atoms with Crippen LogP contribution in [0.25, 0.3) is 10.9 Å². The van der Waals surface area contributed by atoms with Crippen LogP contribution in [-0.2, 0) is 17.2 Å². The lowest BCUT2D eigenvalue weighted by Crippen LogP contribution is -2.43. The topological polar surface area (TPSA) is 45.3 Å². The fraction of sp³-hybridized carbons (Fsp3) is 0.579. The summed E-state index contributed by atoms with van der Waals surface area (Å²) in [6.07, 6.45) is 8.02. The molecule has 0 aliphatic carbocycles. The van der Waals surface area contributed by atoms with Gasteiger partial charge in [-0.05, 0) is 62.4 Å². The molecule has 4 rings (SSSR count). The van der Waals surface area contributed by atoms with E-state index in [4.69, 9.17) is 4.74 Å². The maximum absolute atomic E-state index is 11.6. The maximum Gasteiger partial charge on any atom is 0.119 e. The highest BCUT2D eigenvalue weighted by Gasteiger charge is 2.33. The molecule has 2 aromatic rings. The fourth-order valence-electron chi connectivity index (χ4n) is 4.38. The van der Waals surface area contributed by atoms with E-state index in [2.05, 4.69) is 28.2 Å². The van der Waals surface area contributed by atoms with Gasteiger partial charge in [-0.3, -0.25) is 9.11 Å². The quantitative estimate of drug-likeness (QED) is 0.925. The van der Waals surface area contributed by atoms with E-state index in [1.54, 1.807) is 7.11 Å². The van der Waals surface area contributed by atoms with Crippen LogP contribution in [0.2, 0.25) is 0 Å². The largest absolute Gasteiger partial charge is 0.497 e. The summed E-state index contributed by atoms with van der Waals surface area (Å²) in [7, 11) is 1.15. The molecule has 0 saturated carbocycles. The van der Waals surface area contributed by atoms with Gasteiger partial charge in [0.2, 0.25) is 0 Å². The molecule has 2 fully saturated rings. The summed E-state index contributed by atoms with van der Waals surface area (Å²) in [6, 6.07) is 7.50. The van der Waals surface area contributed by atoms with Crippen molar-refractivity contribution in [3.05, 3.63) is 30.0 Å². The molecule has 2 aliphatic heterocycles. The number of aromatic nitrogens is 1. The van der Waals surface area contributed by atoms with E-state index in [-0.39, 0.29) is 0 Å². The third-order valence-corrected chi connectivity index (χ3v) is 7.06. The summed E-state index contributed by atoms with van der Waals surface area (Å²) in [6.45, 7) is 1.20. The number of ether oxygens (including phenoxy) is 1. The van der Waals surface area contributed by atoms with E-state index < -0.39 is 10.8 Å². The van der Waals surface area contributed by atoms with Gasteiger partial charge in [0.15, 0.2) is 0 Å². The monoisotopic (exact) mass is 346 g/mol. The van der Waals surface area contributed by atoms with Crippen molar-refractivity contribution in [2.24, 2.45) is 0 Å². The Labute approximate surface area is 146 Å². The summed E-state index contributed by atoms with van der Waals surface area (Å²) < 4.78 is 17.0. The van der Waals surface area contributed by atoms with Crippen molar-refractivity contribution < 1.29 is 8.95 Å². The third-order valence-electron chi connectivity index (χ3n) is 5.68. The van der Waals surface area contributed by atoms with E-state index in [9.17, 15) is 4.21 Å². The molecule has 0 amide bonds. The summed E-state index contributed by atoms with van der Waals surface area (Å²) in [4.78, 5) is 6.10. The lowest BCUT2D eigenvalue weighted by Gasteiger charge is -2.35. The second-order valence-electron chi connectivity index (χ2n) is 7.04. The third kappa shape index (κ3) is 3.11. The number of likely N-dealkylation sites (tertiary alicyclic amines) is 1. The van der Waals surface area contributed by atoms with Gasteiger partial charge in [-0.2, -0.15) is 0 Å². The minimum Gasteiger partial charge on any atom is -0.497 e. The molecular weight excluding hydrogens is 320 g/mol. The Kier molecular flexibility index (Phi) is 4.63. The van der Waals surface area contributed by atoms with Gasteiger partial charge in [0.1, 0.15) is 5.75 Å². The number of rotatable bonds is 4. The van der Waals surface area contributed by atoms with Gasteiger partial charge in [0.25, 0.3) is 0 Å². The molecule has 4 nitrogen and oxygen atoms in total. The number of nitrogens with zero attached hydrogens (tertiary/aromatic N) is 1. The normalized spacial score (nSPS) is 28.5. The Balaban J connectivity index is 1.52. The highest BCUT2D eigenvalue weighted by atomic mass is 32.2. The van der Waals surface area contributed by atoms with Crippen LogP contribution in [-0.4, -0.2) is 51.3 Å². The average Bonchev–Trinajstić information content (AvgIpc) is 3.23. The van der Waals surface area contributed by atoms with Gasteiger partial charge in [0, 0.05) is 51.5 Å². The van der Waals surface area contributed by atoms with Crippen molar-refractivity contribution in [3.63, 3.8) is 0 Å². The summed E-state index contributed by atoms with van der Waals surface area (Å²) in [5.41, 5.74) is 2.57. The van der Waals surface area contributed by atoms with E-state index >= 15 is 0 Å². The fourth-order valence-corrected chi connectivity index (χ4v) is 5.65. The van der Waals surface area contributed by atoms with E-state index in [1.807, 2.05) is 6.07 Å². The van der Waals surface area contributed by atoms with Crippen LogP contribution < -0.4 is 4.74 Å². The summed E-state index contributed by atoms with van der Waals surface area (Å²) in [5, 5.41) is 1.28. The first-order valence-corrected chi connectivity index (χ1v) is 10.5. The molecule has 0 bridgehead atoms. The van der Waals surface area contributed by atoms with E-state index in [0.29, 0.717) is 12.1 Å². The van der Waals surface area contributed by atoms with Crippen LogP contribution in [0.3, 0.4) is 0 Å². The maximum atomic E-state index is 11.6. The van der Waals surface area contributed by atoms with Crippen LogP contribution in [0.15, 0.2) is 24.4 Å². The molecule has 0 spiro atoms. The number of benzene rings is 1. The van der Waals surface area contributed by atoms with Crippen LogP contribution in [0.4, 0.5) is 0 Å². The zero-order chi connectivity index (χ0) is 16.5. The molecule has 0 unspecified atom stereocenters. The van der Waals surface area contributed by atoms with Crippen LogP contribution in [0.1, 0.15) is 31.2 Å². The van der Waals surface area contributed by atoms with Crippen molar-refractivity contribution in [2.45, 2.75) is 44.2 Å². The minimum atomic E-state index is -0.572. The Morgan fingerprint density at radius 2 is 2.12 bits per heavy atom. The zero-order valence-corrected chi connectivity index (χ0v) is 15.1. The standard InChI is InChI=1S/C19H26N2O2S/c1-23-17-4-5-19-18(12-17)14(13-20-19)11-16-3-2-8-21(16)15-6-9-24(22)10-7-15/h4-5,12-13,15-16,20H,2-3,6-11H2,1H3/t15?,16-,24?/m1/s1. The smallest absolute Gasteiger partial charge is 0.119 e. The molecule has 2 saturated heterocycles.